The Balaban J connectivity index is 2.06. The number of nitrogens with zero attached hydrogens (tertiary/aromatic N) is 3. The van der Waals surface area contributed by atoms with Gasteiger partial charge in [0.05, 0.1) is 25.0 Å². The van der Waals surface area contributed by atoms with Gasteiger partial charge in [-0.2, -0.15) is 22.0 Å². The maximum Gasteiger partial charge on any atom is 0.427 e. The summed E-state index contributed by atoms with van der Waals surface area (Å²) in [4.78, 5) is 23.3. The molecule has 1 N–H and O–H groups in total. The molecular formula is C24H29F5N4O7S. The molecule has 0 bridgehead atoms. The van der Waals surface area contributed by atoms with Crippen LogP contribution < -0.4 is 19.1 Å². The van der Waals surface area contributed by atoms with E-state index in [9.17, 15) is 40.0 Å². The van der Waals surface area contributed by atoms with Crippen molar-refractivity contribution in [2.45, 2.75) is 70.4 Å². The lowest BCUT2D eigenvalue weighted by Gasteiger charge is -2.37. The maximum atomic E-state index is 13.9. The van der Waals surface area contributed by atoms with Crippen LogP contribution in [0.5, 0.6) is 11.6 Å². The molecule has 2 heterocycles. The summed E-state index contributed by atoms with van der Waals surface area (Å²) >= 11 is 0. The van der Waals surface area contributed by atoms with Crippen molar-refractivity contribution in [1.82, 2.24) is 9.78 Å². The van der Waals surface area contributed by atoms with Gasteiger partial charge in [-0.3, -0.25) is 9.62 Å². The van der Waals surface area contributed by atoms with Gasteiger partial charge in [0.2, 0.25) is 5.60 Å². The van der Waals surface area contributed by atoms with Gasteiger partial charge in [-0.1, -0.05) is 6.92 Å². The van der Waals surface area contributed by atoms with E-state index in [-0.39, 0.29) is 47.2 Å². The number of ether oxygens (including phenoxy) is 3. The average molecular weight is 613 g/mol. The van der Waals surface area contributed by atoms with Crippen molar-refractivity contribution in [2.75, 3.05) is 22.8 Å². The first kappa shape index (κ1) is 31.9. The predicted octanol–water partition coefficient (Wildman–Crippen LogP) is 5.14. The number of benzene rings is 1. The molecule has 1 aliphatic heterocycles. The molecule has 2 atom stereocenters. The number of halogens is 5. The minimum Gasteiger partial charge on any atom is -0.486 e. The van der Waals surface area contributed by atoms with Crippen molar-refractivity contribution in [1.29, 1.82) is 0 Å². The summed E-state index contributed by atoms with van der Waals surface area (Å²) in [5, 5.41) is 5.64. The maximum absolute atomic E-state index is 13.9. The van der Waals surface area contributed by atoms with Gasteiger partial charge in [0.25, 0.3) is 15.9 Å². The Morgan fingerprint density at radius 3 is 2.46 bits per heavy atom. The van der Waals surface area contributed by atoms with Gasteiger partial charge >= 0.3 is 18.8 Å². The van der Waals surface area contributed by atoms with Gasteiger partial charge in [-0.05, 0) is 45.9 Å². The van der Waals surface area contributed by atoms with E-state index in [4.69, 9.17) is 9.47 Å². The highest BCUT2D eigenvalue weighted by Gasteiger charge is 2.51. The number of fused-ring (bicyclic) bond motifs is 1. The number of carbonyl (C=O) groups is 2. The summed E-state index contributed by atoms with van der Waals surface area (Å²) in [6, 6.07) is 3.61. The second-order valence-corrected chi connectivity index (χ2v) is 11.6. The van der Waals surface area contributed by atoms with E-state index in [2.05, 4.69) is 15.2 Å². The molecule has 0 fully saturated rings. The largest absolute Gasteiger partial charge is 0.486 e. The van der Waals surface area contributed by atoms with Crippen molar-refractivity contribution in [3.8, 4) is 11.6 Å². The number of carbonyl (C=O) groups excluding carboxylic acids is 2. The van der Waals surface area contributed by atoms with Crippen LogP contribution in [0.15, 0.2) is 29.3 Å². The zero-order chi connectivity index (χ0) is 30.9. The first-order chi connectivity index (χ1) is 18.9. The normalized spacial score (nSPS) is 16.6. The van der Waals surface area contributed by atoms with Crippen LogP contribution in [-0.4, -0.2) is 61.1 Å². The highest BCUT2D eigenvalue weighted by Crippen LogP contribution is 2.42. The lowest BCUT2D eigenvalue weighted by Crippen LogP contribution is -2.46. The average Bonchev–Trinajstić information content (AvgIpc) is 3.27. The third-order valence-electron chi connectivity index (χ3n) is 6.09. The molecule has 0 saturated heterocycles. The van der Waals surface area contributed by atoms with E-state index < -0.39 is 57.2 Å². The predicted molar refractivity (Wildman–Crippen MR) is 135 cm³/mol. The topological polar surface area (TPSA) is 129 Å². The number of ketones is 1. The summed E-state index contributed by atoms with van der Waals surface area (Å²) in [6.45, 7) is 2.16. The summed E-state index contributed by atoms with van der Waals surface area (Å²) < 4.78 is 111. The Labute approximate surface area is 232 Å². The van der Waals surface area contributed by atoms with E-state index in [1.54, 1.807) is 6.92 Å². The van der Waals surface area contributed by atoms with Gasteiger partial charge in [0, 0.05) is 18.0 Å². The third-order valence-corrected chi connectivity index (χ3v) is 7.85. The quantitative estimate of drug-likeness (QED) is 0.366. The smallest absolute Gasteiger partial charge is 0.427 e. The molecule has 228 valence electrons. The number of alkyl halides is 5. The van der Waals surface area contributed by atoms with Gasteiger partial charge in [0.1, 0.15) is 17.6 Å². The molecule has 11 nitrogen and oxygen atoms in total. The van der Waals surface area contributed by atoms with E-state index in [1.165, 1.54) is 26.0 Å². The molecule has 0 saturated carbocycles. The molecule has 1 aromatic carbocycles. The fourth-order valence-electron chi connectivity index (χ4n) is 3.88. The van der Waals surface area contributed by atoms with E-state index >= 15 is 0 Å². The number of hydrogen-bond donors (Lipinski definition) is 1. The molecule has 3 rings (SSSR count). The highest BCUT2D eigenvalue weighted by molar-refractivity contribution is 7.93. The SMILES string of the molecule is CCOc1nn(C(F)F)cc1S(=O)(=O)N1C[C@H]([C@@H](C)CC(C)=O)Oc2ccc(NC(=O)OC(C)(C)C(F)(F)F)cc21. The molecule has 0 aliphatic carbocycles. The van der Waals surface area contributed by atoms with Gasteiger partial charge in [-0.15, -0.1) is 5.10 Å². The van der Waals surface area contributed by atoms with Crippen molar-refractivity contribution in [3.63, 3.8) is 0 Å². The molecule has 2 aromatic rings. The molecule has 1 aliphatic rings. The number of hydrogen-bond acceptors (Lipinski definition) is 8. The number of sulfonamides is 1. The summed E-state index contributed by atoms with van der Waals surface area (Å²) in [6.07, 6.45) is -6.55. The Bertz CT molecular complexity index is 1400. The van der Waals surface area contributed by atoms with Crippen LogP contribution in [-0.2, 0) is 19.6 Å². The molecule has 1 amide bonds. The zero-order valence-electron chi connectivity index (χ0n) is 22.7. The first-order valence-electron chi connectivity index (χ1n) is 12.3. The summed E-state index contributed by atoms with van der Waals surface area (Å²) in [5.41, 5.74) is -3.15. The highest BCUT2D eigenvalue weighted by atomic mass is 32.2. The minimum absolute atomic E-state index is 0.0195. The molecule has 41 heavy (non-hydrogen) atoms. The van der Waals surface area contributed by atoms with Crippen LogP contribution in [0.1, 0.15) is 47.6 Å². The van der Waals surface area contributed by atoms with Crippen LogP contribution in [0.3, 0.4) is 0 Å². The van der Waals surface area contributed by atoms with Crippen molar-refractivity contribution in [2.24, 2.45) is 5.92 Å². The summed E-state index contributed by atoms with van der Waals surface area (Å²) in [7, 11) is -4.70. The van der Waals surface area contributed by atoms with E-state index in [0.29, 0.717) is 20.0 Å². The minimum atomic E-state index is -4.87. The second-order valence-electron chi connectivity index (χ2n) is 9.77. The standard InChI is InChI=1S/C24H29F5N4O7S/c1-6-38-20-19(12-32(31-20)21(25)26)41(36,37)33-11-18(13(2)9-14(3)34)39-17-8-7-15(10-16(17)33)30-22(35)40-23(4,5)24(27,28)29/h7-8,10,12-13,18,21H,6,9,11H2,1-5H3,(H,30,35)/t13-,18+/m0/s1. The van der Waals surface area contributed by atoms with Crippen LogP contribution >= 0.6 is 0 Å². The van der Waals surface area contributed by atoms with Crippen molar-refractivity contribution >= 4 is 33.3 Å². The summed E-state index contributed by atoms with van der Waals surface area (Å²) in [5.74, 6) is -1.26. The Hall–Kier alpha value is -3.63. The Morgan fingerprint density at radius 1 is 1.24 bits per heavy atom. The zero-order valence-corrected chi connectivity index (χ0v) is 23.5. The second kappa shape index (κ2) is 11.7. The number of amides is 1. The van der Waals surface area contributed by atoms with Crippen LogP contribution in [0, 0.1) is 5.92 Å². The van der Waals surface area contributed by atoms with Gasteiger partial charge < -0.3 is 19.0 Å². The molecule has 1 aromatic heterocycles. The van der Waals surface area contributed by atoms with Crippen LogP contribution in [0.2, 0.25) is 0 Å². The first-order valence-corrected chi connectivity index (χ1v) is 13.7. The van der Waals surface area contributed by atoms with Crippen molar-refractivity contribution in [3.05, 3.63) is 24.4 Å². The molecular weight excluding hydrogens is 583 g/mol. The van der Waals surface area contributed by atoms with Crippen LogP contribution in [0.4, 0.5) is 38.1 Å². The lowest BCUT2D eigenvalue weighted by molar-refractivity contribution is -0.242. The fourth-order valence-corrected chi connectivity index (χ4v) is 5.43. The number of aromatic nitrogens is 2. The van der Waals surface area contributed by atoms with Gasteiger partial charge in [0.15, 0.2) is 4.90 Å². The fraction of sp³-hybridized carbons (Fsp3) is 0.542. The molecule has 0 radical (unpaired) electrons. The molecule has 0 spiro atoms. The van der Waals surface area contributed by atoms with Crippen molar-refractivity contribution < 1.29 is 54.2 Å². The number of Topliss-reactive ketones (excluding diaryl/α,β-unsaturated/α-hetero) is 1. The molecule has 0 unspecified atom stereocenters. The number of rotatable bonds is 10. The van der Waals surface area contributed by atoms with E-state index in [0.717, 1.165) is 10.4 Å². The number of nitrogens with one attached hydrogen (secondary N) is 1. The Kier molecular flexibility index (Phi) is 9.10. The van der Waals surface area contributed by atoms with E-state index in [1.807, 2.05) is 0 Å². The van der Waals surface area contributed by atoms with Crippen LogP contribution in [0.25, 0.3) is 0 Å². The Morgan fingerprint density at radius 2 is 1.90 bits per heavy atom. The monoisotopic (exact) mass is 612 g/mol. The number of anilines is 2. The third kappa shape index (κ3) is 7.00. The lowest BCUT2D eigenvalue weighted by atomic mass is 9.97. The molecule has 17 heteroatoms. The van der Waals surface area contributed by atoms with Gasteiger partial charge in [-0.25, -0.2) is 17.9 Å².